The van der Waals surface area contributed by atoms with E-state index in [9.17, 15) is 4.79 Å². The Kier molecular flexibility index (Phi) is 3.90. The molecule has 2 saturated heterocycles. The number of piperazine rings is 1. The average molecular weight is 272 g/mol. The lowest BCUT2D eigenvalue weighted by molar-refractivity contribution is 0.0783. The summed E-state index contributed by atoms with van der Waals surface area (Å²) in [5, 5.41) is 0. The Morgan fingerprint density at radius 3 is 2.95 bits per heavy atom. The quantitative estimate of drug-likeness (QED) is 0.789. The van der Waals surface area contributed by atoms with Crippen LogP contribution in [0.2, 0.25) is 0 Å². The molecule has 0 saturated carbocycles. The lowest BCUT2D eigenvalue weighted by atomic mass is 10.0. The molecule has 3 rings (SSSR count). The van der Waals surface area contributed by atoms with E-state index in [4.69, 9.17) is 0 Å². The molecule has 0 N–H and O–H groups in total. The van der Waals surface area contributed by atoms with Gasteiger partial charge in [0.15, 0.2) is 5.78 Å². The van der Waals surface area contributed by atoms with Gasteiger partial charge in [-0.3, -0.25) is 14.6 Å². The van der Waals surface area contributed by atoms with Crippen molar-refractivity contribution in [2.75, 3.05) is 32.7 Å². The molecule has 2 aliphatic rings. The van der Waals surface area contributed by atoms with Crippen molar-refractivity contribution in [3.05, 3.63) is 34.9 Å². The Hall–Kier alpha value is -1.19. The van der Waals surface area contributed by atoms with Crippen LogP contribution in [0.3, 0.4) is 0 Å². The molecule has 0 radical (unpaired) electrons. The highest BCUT2D eigenvalue weighted by Crippen LogP contribution is 2.22. The van der Waals surface area contributed by atoms with Gasteiger partial charge in [0.1, 0.15) is 0 Å². The first-order valence-electron chi connectivity index (χ1n) is 7.70. The van der Waals surface area contributed by atoms with Crippen LogP contribution in [0, 0.1) is 13.8 Å². The van der Waals surface area contributed by atoms with E-state index in [0.717, 1.165) is 30.8 Å². The van der Waals surface area contributed by atoms with Crippen molar-refractivity contribution in [2.45, 2.75) is 32.7 Å². The second-order valence-corrected chi connectivity index (χ2v) is 6.31. The van der Waals surface area contributed by atoms with Gasteiger partial charge in [-0.05, 0) is 44.9 Å². The van der Waals surface area contributed by atoms with E-state index in [2.05, 4.69) is 21.9 Å². The third kappa shape index (κ3) is 2.79. The van der Waals surface area contributed by atoms with Crippen LogP contribution in [-0.4, -0.2) is 54.3 Å². The molecule has 3 heteroatoms. The zero-order valence-electron chi connectivity index (χ0n) is 12.6. The van der Waals surface area contributed by atoms with Gasteiger partial charge in [-0.2, -0.15) is 0 Å². The molecule has 0 aliphatic carbocycles. The van der Waals surface area contributed by atoms with Crippen molar-refractivity contribution in [2.24, 2.45) is 0 Å². The fourth-order valence-corrected chi connectivity index (χ4v) is 3.52. The fraction of sp³-hybridized carbons (Fsp3) is 0.588. The molecule has 1 unspecified atom stereocenters. The molecule has 3 nitrogen and oxygen atoms in total. The third-order valence-corrected chi connectivity index (χ3v) is 4.73. The first kappa shape index (κ1) is 13.8. The second kappa shape index (κ2) is 5.66. The summed E-state index contributed by atoms with van der Waals surface area (Å²) < 4.78 is 0. The number of hydrogen-bond donors (Lipinski definition) is 0. The maximum absolute atomic E-state index is 12.5. The molecule has 108 valence electrons. The first-order chi connectivity index (χ1) is 9.63. The van der Waals surface area contributed by atoms with Gasteiger partial charge in [0.2, 0.25) is 0 Å². The van der Waals surface area contributed by atoms with Crippen LogP contribution in [0.15, 0.2) is 18.2 Å². The summed E-state index contributed by atoms with van der Waals surface area (Å²) in [7, 11) is 0. The highest BCUT2D eigenvalue weighted by molar-refractivity contribution is 5.99. The summed E-state index contributed by atoms with van der Waals surface area (Å²) in [5.41, 5.74) is 3.17. The molecule has 1 aromatic carbocycles. The van der Waals surface area contributed by atoms with Crippen LogP contribution in [0.4, 0.5) is 0 Å². The molecule has 2 heterocycles. The largest absolute Gasteiger partial charge is 0.298 e. The van der Waals surface area contributed by atoms with Crippen molar-refractivity contribution in [3.8, 4) is 0 Å². The molecular formula is C17H24N2O. The lowest BCUT2D eigenvalue weighted by Gasteiger charge is -2.37. The maximum Gasteiger partial charge on any atom is 0.177 e. The molecule has 20 heavy (non-hydrogen) atoms. The SMILES string of the molecule is Cc1ccc(C)c(C(=O)CN2CCN3CCCC3C2)c1. The molecule has 0 spiro atoms. The number of nitrogens with zero attached hydrogens (tertiary/aromatic N) is 2. The van der Waals surface area contributed by atoms with Gasteiger partial charge in [0, 0.05) is 31.2 Å². The molecular weight excluding hydrogens is 248 g/mol. The zero-order valence-corrected chi connectivity index (χ0v) is 12.6. The highest BCUT2D eigenvalue weighted by atomic mass is 16.1. The summed E-state index contributed by atoms with van der Waals surface area (Å²) in [4.78, 5) is 17.4. The smallest absolute Gasteiger partial charge is 0.177 e. The van der Waals surface area contributed by atoms with Crippen LogP contribution >= 0.6 is 0 Å². The second-order valence-electron chi connectivity index (χ2n) is 6.31. The van der Waals surface area contributed by atoms with E-state index in [0.29, 0.717) is 12.6 Å². The van der Waals surface area contributed by atoms with Crippen molar-refractivity contribution in [1.29, 1.82) is 0 Å². The van der Waals surface area contributed by atoms with Crippen molar-refractivity contribution in [1.82, 2.24) is 9.80 Å². The van der Waals surface area contributed by atoms with Crippen molar-refractivity contribution < 1.29 is 4.79 Å². The van der Waals surface area contributed by atoms with E-state index in [1.165, 1.54) is 24.9 Å². The summed E-state index contributed by atoms with van der Waals surface area (Å²) in [6.45, 7) is 9.14. The summed E-state index contributed by atoms with van der Waals surface area (Å²) in [5.74, 6) is 0.276. The minimum atomic E-state index is 0.276. The minimum absolute atomic E-state index is 0.276. The number of hydrogen-bond acceptors (Lipinski definition) is 3. The van der Waals surface area contributed by atoms with Crippen molar-refractivity contribution in [3.63, 3.8) is 0 Å². The van der Waals surface area contributed by atoms with E-state index in [1.807, 2.05) is 19.9 Å². The highest BCUT2D eigenvalue weighted by Gasteiger charge is 2.31. The molecule has 0 aromatic heterocycles. The van der Waals surface area contributed by atoms with Gasteiger partial charge >= 0.3 is 0 Å². The van der Waals surface area contributed by atoms with Gasteiger partial charge in [-0.15, -0.1) is 0 Å². The number of benzene rings is 1. The molecule has 0 bridgehead atoms. The van der Waals surface area contributed by atoms with Crippen LogP contribution in [0.5, 0.6) is 0 Å². The van der Waals surface area contributed by atoms with Crippen LogP contribution in [0.25, 0.3) is 0 Å². The fourth-order valence-electron chi connectivity index (χ4n) is 3.52. The van der Waals surface area contributed by atoms with Gasteiger partial charge in [0.05, 0.1) is 6.54 Å². The van der Waals surface area contributed by atoms with Gasteiger partial charge < -0.3 is 0 Å². The Morgan fingerprint density at radius 1 is 1.25 bits per heavy atom. The molecule has 0 amide bonds. The van der Waals surface area contributed by atoms with E-state index >= 15 is 0 Å². The number of Topliss-reactive ketones (excluding diaryl/α,β-unsaturated/α-hetero) is 1. The van der Waals surface area contributed by atoms with Gasteiger partial charge in [-0.1, -0.05) is 17.7 Å². The molecule has 1 aromatic rings. The number of fused-ring (bicyclic) bond motifs is 1. The third-order valence-electron chi connectivity index (χ3n) is 4.73. The number of carbonyl (C=O) groups is 1. The number of aryl methyl sites for hydroxylation is 2. The van der Waals surface area contributed by atoms with E-state index in [-0.39, 0.29) is 5.78 Å². The number of ketones is 1. The Bertz CT molecular complexity index is 512. The maximum atomic E-state index is 12.5. The number of carbonyl (C=O) groups excluding carboxylic acids is 1. The van der Waals surface area contributed by atoms with Gasteiger partial charge in [-0.25, -0.2) is 0 Å². The molecule has 1 atom stereocenters. The Balaban J connectivity index is 1.65. The topological polar surface area (TPSA) is 23.6 Å². The van der Waals surface area contributed by atoms with Crippen LogP contribution in [-0.2, 0) is 0 Å². The lowest BCUT2D eigenvalue weighted by Crippen LogP contribution is -2.51. The molecule has 2 aliphatic heterocycles. The van der Waals surface area contributed by atoms with Crippen LogP contribution in [0.1, 0.15) is 34.3 Å². The summed E-state index contributed by atoms with van der Waals surface area (Å²) in [6, 6.07) is 6.85. The standard InChI is InChI=1S/C17H24N2O/c1-13-5-6-14(2)16(10-13)17(20)12-18-8-9-19-7-3-4-15(19)11-18/h5-6,10,15H,3-4,7-9,11-12H2,1-2H3. The van der Waals surface area contributed by atoms with E-state index < -0.39 is 0 Å². The van der Waals surface area contributed by atoms with E-state index in [1.54, 1.807) is 0 Å². The average Bonchev–Trinajstić information content (AvgIpc) is 2.89. The number of rotatable bonds is 3. The zero-order chi connectivity index (χ0) is 14.1. The molecule has 2 fully saturated rings. The first-order valence-corrected chi connectivity index (χ1v) is 7.70. The minimum Gasteiger partial charge on any atom is -0.298 e. The monoisotopic (exact) mass is 272 g/mol. The Labute approximate surface area is 121 Å². The predicted molar refractivity (Wildman–Crippen MR) is 81.3 cm³/mol. The van der Waals surface area contributed by atoms with Crippen molar-refractivity contribution >= 4 is 5.78 Å². The summed E-state index contributed by atoms with van der Waals surface area (Å²) in [6.07, 6.45) is 2.62. The predicted octanol–water partition coefficient (Wildman–Crippen LogP) is 2.27. The normalized spacial score (nSPS) is 23.8. The Morgan fingerprint density at radius 2 is 2.10 bits per heavy atom. The summed E-state index contributed by atoms with van der Waals surface area (Å²) >= 11 is 0. The van der Waals surface area contributed by atoms with Crippen LogP contribution < -0.4 is 0 Å². The van der Waals surface area contributed by atoms with Gasteiger partial charge in [0.25, 0.3) is 0 Å².